The third-order valence-electron chi connectivity index (χ3n) is 7.57. The van der Waals surface area contributed by atoms with Crippen molar-refractivity contribution in [2.75, 3.05) is 6.61 Å². The Hall–Kier alpha value is -2.32. The molecule has 1 aliphatic carbocycles. The van der Waals surface area contributed by atoms with Gasteiger partial charge in [0.25, 0.3) is 5.91 Å². The third kappa shape index (κ3) is 4.82. The first-order valence-corrected chi connectivity index (χ1v) is 12.3. The van der Waals surface area contributed by atoms with Gasteiger partial charge in [-0.2, -0.15) is 0 Å². The van der Waals surface area contributed by atoms with E-state index in [0.717, 1.165) is 49.8 Å². The molecule has 3 aliphatic heterocycles. The maximum Gasteiger partial charge on any atom is 0.255 e. The molecule has 1 aromatic carbocycles. The van der Waals surface area contributed by atoms with Crippen LogP contribution in [0.1, 0.15) is 72.9 Å². The van der Waals surface area contributed by atoms with Gasteiger partial charge in [0.05, 0.1) is 6.10 Å². The monoisotopic (exact) mass is 457 g/mol. The van der Waals surface area contributed by atoms with Crippen molar-refractivity contribution in [3.05, 3.63) is 34.9 Å². The highest BCUT2D eigenvalue weighted by Gasteiger charge is 2.39. The van der Waals surface area contributed by atoms with Crippen LogP contribution in [0.3, 0.4) is 0 Å². The van der Waals surface area contributed by atoms with Gasteiger partial charge in [-0.25, -0.2) is 4.39 Å². The van der Waals surface area contributed by atoms with Gasteiger partial charge in [-0.3, -0.25) is 19.7 Å². The van der Waals surface area contributed by atoms with E-state index in [1.165, 1.54) is 0 Å². The molecule has 3 atom stereocenters. The predicted octanol–water partition coefficient (Wildman–Crippen LogP) is 2.41. The summed E-state index contributed by atoms with van der Waals surface area (Å²) in [5, 5.41) is 6.08. The quantitative estimate of drug-likeness (QED) is 0.663. The average Bonchev–Trinajstić information content (AvgIpc) is 3.12. The number of piperidine rings is 1. The summed E-state index contributed by atoms with van der Waals surface area (Å²) in [6, 6.07) is 5.89. The van der Waals surface area contributed by atoms with E-state index in [4.69, 9.17) is 4.74 Å². The van der Waals surface area contributed by atoms with Gasteiger partial charge in [-0.05, 0) is 62.1 Å². The number of alkyl halides is 1. The van der Waals surface area contributed by atoms with Crippen LogP contribution < -0.4 is 10.6 Å². The van der Waals surface area contributed by atoms with Crippen LogP contribution >= 0.6 is 0 Å². The Morgan fingerprint density at radius 3 is 2.70 bits per heavy atom. The van der Waals surface area contributed by atoms with Gasteiger partial charge in [-0.1, -0.05) is 12.1 Å². The molecule has 2 saturated heterocycles. The van der Waals surface area contributed by atoms with E-state index >= 15 is 0 Å². The first-order valence-electron chi connectivity index (χ1n) is 12.3. The zero-order valence-electron chi connectivity index (χ0n) is 18.9. The summed E-state index contributed by atoms with van der Waals surface area (Å²) < 4.78 is 19.6. The number of hydrogen-bond donors (Lipinski definition) is 2. The van der Waals surface area contributed by atoms with Gasteiger partial charge in [0, 0.05) is 43.6 Å². The SMILES string of the molecule is O=C1CCC(N2Cc3cc(C[C@H]4OCCC[C@@H]4N[C@H]4CC[C@H](F)CC4)ccc3C2=O)C(=O)N1. The molecule has 1 aromatic rings. The molecule has 4 aliphatic rings. The molecule has 178 valence electrons. The van der Waals surface area contributed by atoms with E-state index in [-0.39, 0.29) is 36.3 Å². The van der Waals surface area contributed by atoms with Crippen molar-refractivity contribution in [3.8, 4) is 0 Å². The van der Waals surface area contributed by atoms with Gasteiger partial charge in [0.15, 0.2) is 0 Å². The number of amides is 3. The first kappa shape index (κ1) is 22.5. The lowest BCUT2D eigenvalue weighted by Crippen LogP contribution is -2.52. The zero-order valence-corrected chi connectivity index (χ0v) is 18.9. The molecule has 1 saturated carbocycles. The largest absolute Gasteiger partial charge is 0.376 e. The van der Waals surface area contributed by atoms with Gasteiger partial charge in [0.2, 0.25) is 11.8 Å². The lowest BCUT2D eigenvalue weighted by molar-refractivity contribution is -0.136. The maximum absolute atomic E-state index is 13.5. The molecule has 0 bridgehead atoms. The Balaban J connectivity index is 1.24. The third-order valence-corrected chi connectivity index (χ3v) is 7.57. The number of nitrogens with one attached hydrogen (secondary N) is 2. The maximum atomic E-state index is 13.5. The number of carbonyl (C=O) groups excluding carboxylic acids is 3. The second-order valence-corrected chi connectivity index (χ2v) is 9.87. The highest BCUT2D eigenvalue weighted by molar-refractivity contribution is 6.05. The topological polar surface area (TPSA) is 87.7 Å². The molecule has 0 aromatic heterocycles. The van der Waals surface area contributed by atoms with Crippen LogP contribution in [-0.4, -0.2) is 59.6 Å². The normalized spacial score (nSPS) is 32.6. The highest BCUT2D eigenvalue weighted by Crippen LogP contribution is 2.30. The molecule has 5 rings (SSSR count). The highest BCUT2D eigenvalue weighted by atomic mass is 19.1. The number of nitrogens with zero attached hydrogens (tertiary/aromatic N) is 1. The lowest BCUT2D eigenvalue weighted by atomic mass is 9.90. The van der Waals surface area contributed by atoms with E-state index in [9.17, 15) is 18.8 Å². The first-order chi connectivity index (χ1) is 16.0. The molecular weight excluding hydrogens is 425 g/mol. The number of benzene rings is 1. The van der Waals surface area contributed by atoms with Crippen molar-refractivity contribution in [1.82, 2.24) is 15.5 Å². The van der Waals surface area contributed by atoms with E-state index < -0.39 is 12.2 Å². The number of carbonyl (C=O) groups is 3. The molecule has 0 spiro atoms. The second-order valence-electron chi connectivity index (χ2n) is 9.87. The molecular formula is C25H32FN3O4. The molecule has 3 heterocycles. The standard InChI is InChI=1S/C25H32FN3O4/c26-17-4-6-18(7-5-17)27-20-2-1-11-33-22(20)13-15-3-8-19-16(12-15)14-29(25(19)32)21-9-10-23(30)28-24(21)31/h3,8,12,17-18,20-22,27H,1-2,4-7,9-11,13-14H2,(H,28,30,31)/t17-,18-,20-,21?,22+/m0/s1. The molecule has 33 heavy (non-hydrogen) atoms. The molecule has 3 amide bonds. The van der Waals surface area contributed by atoms with Gasteiger partial charge < -0.3 is 15.0 Å². The van der Waals surface area contributed by atoms with Crippen LogP contribution in [0.2, 0.25) is 0 Å². The number of halogens is 1. The van der Waals surface area contributed by atoms with E-state index in [2.05, 4.69) is 16.7 Å². The molecule has 0 radical (unpaired) electrons. The molecule has 2 N–H and O–H groups in total. The Kier molecular flexibility index (Phi) is 6.47. The van der Waals surface area contributed by atoms with Crippen molar-refractivity contribution in [2.24, 2.45) is 0 Å². The van der Waals surface area contributed by atoms with Crippen molar-refractivity contribution in [1.29, 1.82) is 0 Å². The van der Waals surface area contributed by atoms with E-state index in [0.29, 0.717) is 37.4 Å². The summed E-state index contributed by atoms with van der Waals surface area (Å²) in [6.07, 6.45) is 5.85. The summed E-state index contributed by atoms with van der Waals surface area (Å²) in [6.45, 7) is 1.13. The van der Waals surface area contributed by atoms with Crippen LogP contribution in [-0.2, 0) is 27.3 Å². The van der Waals surface area contributed by atoms with Gasteiger partial charge >= 0.3 is 0 Å². The van der Waals surface area contributed by atoms with Crippen molar-refractivity contribution in [3.63, 3.8) is 0 Å². The fraction of sp³-hybridized carbons (Fsp3) is 0.640. The van der Waals surface area contributed by atoms with E-state index in [1.54, 1.807) is 4.90 Å². The second kappa shape index (κ2) is 9.50. The van der Waals surface area contributed by atoms with Crippen molar-refractivity contribution in [2.45, 2.75) is 94.7 Å². The summed E-state index contributed by atoms with van der Waals surface area (Å²) >= 11 is 0. The smallest absolute Gasteiger partial charge is 0.255 e. The minimum Gasteiger partial charge on any atom is -0.376 e. The average molecular weight is 458 g/mol. The van der Waals surface area contributed by atoms with Crippen molar-refractivity contribution >= 4 is 17.7 Å². The Morgan fingerprint density at radius 2 is 1.91 bits per heavy atom. The zero-order chi connectivity index (χ0) is 22.9. The fourth-order valence-electron chi connectivity index (χ4n) is 5.74. The number of fused-ring (bicyclic) bond motifs is 1. The van der Waals surface area contributed by atoms with Crippen LogP contribution in [0.4, 0.5) is 4.39 Å². The van der Waals surface area contributed by atoms with Crippen molar-refractivity contribution < 1.29 is 23.5 Å². The lowest BCUT2D eigenvalue weighted by Gasteiger charge is -2.37. The molecule has 3 fully saturated rings. The van der Waals surface area contributed by atoms with Crippen LogP contribution in [0.25, 0.3) is 0 Å². The summed E-state index contributed by atoms with van der Waals surface area (Å²) in [7, 11) is 0. The predicted molar refractivity (Wildman–Crippen MR) is 119 cm³/mol. The molecule has 1 unspecified atom stereocenters. The molecule has 7 nitrogen and oxygen atoms in total. The number of hydrogen-bond acceptors (Lipinski definition) is 5. The van der Waals surface area contributed by atoms with Crippen LogP contribution in [0, 0.1) is 0 Å². The summed E-state index contributed by atoms with van der Waals surface area (Å²) in [4.78, 5) is 38.2. The van der Waals surface area contributed by atoms with Gasteiger partial charge in [0.1, 0.15) is 12.2 Å². The van der Waals surface area contributed by atoms with Gasteiger partial charge in [-0.15, -0.1) is 0 Å². The fourth-order valence-corrected chi connectivity index (χ4v) is 5.74. The van der Waals surface area contributed by atoms with E-state index in [1.807, 2.05) is 12.1 Å². The van der Waals surface area contributed by atoms with Crippen LogP contribution in [0.5, 0.6) is 0 Å². The number of ether oxygens (including phenoxy) is 1. The summed E-state index contributed by atoms with van der Waals surface area (Å²) in [5.74, 6) is -0.821. The Morgan fingerprint density at radius 1 is 1.09 bits per heavy atom. The molecule has 8 heteroatoms. The minimum atomic E-state index is -0.657. The van der Waals surface area contributed by atoms with Crippen LogP contribution in [0.15, 0.2) is 18.2 Å². The number of imide groups is 1. The minimum absolute atomic E-state index is 0.0447. The summed E-state index contributed by atoms with van der Waals surface area (Å²) in [5.41, 5.74) is 2.66. The Bertz CT molecular complexity index is 930. The number of rotatable bonds is 5. The Labute approximate surface area is 193 Å².